The van der Waals surface area contributed by atoms with E-state index in [1.165, 1.54) is 25.7 Å². The van der Waals surface area contributed by atoms with Crippen LogP contribution in [0.3, 0.4) is 0 Å². The molecule has 1 saturated carbocycles. The van der Waals surface area contributed by atoms with Gasteiger partial charge in [0.25, 0.3) is 0 Å². The van der Waals surface area contributed by atoms with E-state index in [9.17, 15) is 0 Å². The van der Waals surface area contributed by atoms with Crippen molar-refractivity contribution in [1.29, 1.82) is 0 Å². The fourth-order valence-corrected chi connectivity index (χ4v) is 1.71. The van der Waals surface area contributed by atoms with Gasteiger partial charge in [0.2, 0.25) is 0 Å². The number of nitrogens with two attached hydrogens (primary N) is 1. The highest BCUT2D eigenvalue weighted by Gasteiger charge is 2.17. The zero-order valence-corrected chi connectivity index (χ0v) is 9.28. The SMILES string of the molecule is C=N/C=C\C=C(/CCC1CCC1)C(=C)N. The minimum Gasteiger partial charge on any atom is -0.399 e. The molecule has 82 valence electrons. The molecule has 0 atom stereocenters. The summed E-state index contributed by atoms with van der Waals surface area (Å²) in [4.78, 5) is 3.64. The van der Waals surface area contributed by atoms with Gasteiger partial charge in [-0.3, -0.25) is 4.99 Å². The van der Waals surface area contributed by atoms with Crippen LogP contribution in [0.2, 0.25) is 0 Å². The van der Waals surface area contributed by atoms with Gasteiger partial charge in [-0.2, -0.15) is 0 Å². The van der Waals surface area contributed by atoms with E-state index in [4.69, 9.17) is 5.73 Å². The lowest BCUT2D eigenvalue weighted by Gasteiger charge is -2.25. The largest absolute Gasteiger partial charge is 0.399 e. The highest BCUT2D eigenvalue weighted by atomic mass is 14.6. The highest BCUT2D eigenvalue weighted by molar-refractivity contribution is 5.31. The number of rotatable bonds is 6. The van der Waals surface area contributed by atoms with Crippen molar-refractivity contribution in [3.63, 3.8) is 0 Å². The summed E-state index contributed by atoms with van der Waals surface area (Å²) in [5.41, 5.74) is 7.52. The maximum atomic E-state index is 5.72. The van der Waals surface area contributed by atoms with Crippen LogP contribution in [0, 0.1) is 5.92 Å². The van der Waals surface area contributed by atoms with Crippen molar-refractivity contribution in [2.24, 2.45) is 16.6 Å². The molecule has 0 aromatic rings. The second-order valence-corrected chi connectivity index (χ2v) is 4.08. The summed E-state index contributed by atoms with van der Waals surface area (Å²) in [6.07, 6.45) is 11.9. The fraction of sp³-hybridized carbons (Fsp3) is 0.462. The summed E-state index contributed by atoms with van der Waals surface area (Å²) in [5.74, 6) is 0.911. The molecule has 0 heterocycles. The van der Waals surface area contributed by atoms with E-state index in [0.29, 0.717) is 5.70 Å². The van der Waals surface area contributed by atoms with Crippen molar-refractivity contribution in [1.82, 2.24) is 0 Å². The molecule has 1 rings (SSSR count). The Morgan fingerprint density at radius 1 is 1.47 bits per heavy atom. The van der Waals surface area contributed by atoms with Crippen molar-refractivity contribution < 1.29 is 0 Å². The Kier molecular flexibility index (Phi) is 4.88. The minimum absolute atomic E-state index is 0.669. The highest BCUT2D eigenvalue weighted by Crippen LogP contribution is 2.32. The average molecular weight is 204 g/mol. The summed E-state index contributed by atoms with van der Waals surface area (Å²) in [7, 11) is 0. The van der Waals surface area contributed by atoms with Gasteiger partial charge < -0.3 is 5.73 Å². The molecule has 1 aliphatic carbocycles. The molecule has 2 nitrogen and oxygen atoms in total. The first-order valence-electron chi connectivity index (χ1n) is 5.50. The van der Waals surface area contributed by atoms with E-state index >= 15 is 0 Å². The van der Waals surface area contributed by atoms with E-state index in [0.717, 1.165) is 17.9 Å². The van der Waals surface area contributed by atoms with Crippen LogP contribution in [0.4, 0.5) is 0 Å². The van der Waals surface area contributed by atoms with Gasteiger partial charge in [-0.15, -0.1) is 0 Å². The van der Waals surface area contributed by atoms with E-state index in [1.807, 2.05) is 12.2 Å². The third kappa shape index (κ3) is 4.15. The Morgan fingerprint density at radius 2 is 2.20 bits per heavy atom. The Hall–Kier alpha value is -1.31. The molecule has 1 fully saturated rings. The molecule has 15 heavy (non-hydrogen) atoms. The summed E-state index contributed by atoms with van der Waals surface area (Å²) in [5, 5.41) is 0. The Morgan fingerprint density at radius 3 is 2.67 bits per heavy atom. The third-order valence-electron chi connectivity index (χ3n) is 2.95. The predicted molar refractivity (Wildman–Crippen MR) is 66.7 cm³/mol. The van der Waals surface area contributed by atoms with Crippen LogP contribution >= 0.6 is 0 Å². The van der Waals surface area contributed by atoms with Gasteiger partial charge in [-0.05, 0) is 37.1 Å². The standard InChI is InChI=1S/C13H20N2/c1-11(14)13(7-4-10-15-2)9-8-12-5-3-6-12/h4,7,10,12H,1-3,5-6,8-9,14H2/b10-4-,13-7+. The van der Waals surface area contributed by atoms with Crippen LogP contribution in [-0.2, 0) is 0 Å². The van der Waals surface area contributed by atoms with Gasteiger partial charge in [-0.25, -0.2) is 0 Å². The van der Waals surface area contributed by atoms with Crippen LogP contribution in [0.5, 0.6) is 0 Å². The predicted octanol–water partition coefficient (Wildman–Crippen LogP) is 3.18. The second kappa shape index (κ2) is 6.23. The van der Waals surface area contributed by atoms with Crippen molar-refractivity contribution in [3.8, 4) is 0 Å². The lowest BCUT2D eigenvalue weighted by atomic mass is 9.81. The molecule has 0 amide bonds. The molecule has 0 bridgehead atoms. The van der Waals surface area contributed by atoms with E-state index in [-0.39, 0.29) is 0 Å². The lowest BCUT2D eigenvalue weighted by molar-refractivity contribution is 0.296. The zero-order valence-electron chi connectivity index (χ0n) is 9.28. The van der Waals surface area contributed by atoms with Gasteiger partial charge in [0.1, 0.15) is 0 Å². The fourth-order valence-electron chi connectivity index (χ4n) is 1.71. The van der Waals surface area contributed by atoms with Crippen molar-refractivity contribution >= 4 is 6.72 Å². The molecule has 0 aromatic carbocycles. The van der Waals surface area contributed by atoms with E-state index in [1.54, 1.807) is 6.20 Å². The molecule has 2 N–H and O–H groups in total. The number of aliphatic imine (C=N–C) groups is 1. The lowest BCUT2D eigenvalue weighted by Crippen LogP contribution is -2.11. The zero-order chi connectivity index (χ0) is 11.1. The molecule has 1 aliphatic rings. The van der Waals surface area contributed by atoms with Crippen molar-refractivity contribution in [3.05, 3.63) is 36.2 Å². The topological polar surface area (TPSA) is 38.4 Å². The number of nitrogens with zero attached hydrogens (tertiary/aromatic N) is 1. The van der Waals surface area contributed by atoms with Crippen LogP contribution in [0.25, 0.3) is 0 Å². The van der Waals surface area contributed by atoms with E-state index in [2.05, 4.69) is 18.3 Å². The van der Waals surface area contributed by atoms with Crippen LogP contribution < -0.4 is 5.73 Å². The van der Waals surface area contributed by atoms with Gasteiger partial charge in [0.05, 0.1) is 0 Å². The Bertz CT molecular complexity index is 283. The molecule has 0 unspecified atom stereocenters. The van der Waals surface area contributed by atoms with Crippen LogP contribution in [0.15, 0.2) is 41.2 Å². The molecule has 2 heteroatoms. The first-order valence-corrected chi connectivity index (χ1v) is 5.50. The number of hydrogen-bond acceptors (Lipinski definition) is 2. The molecule has 0 saturated heterocycles. The van der Waals surface area contributed by atoms with Gasteiger partial charge >= 0.3 is 0 Å². The first kappa shape index (κ1) is 11.8. The summed E-state index contributed by atoms with van der Waals surface area (Å²) < 4.78 is 0. The monoisotopic (exact) mass is 204 g/mol. The second-order valence-electron chi connectivity index (χ2n) is 4.08. The van der Waals surface area contributed by atoms with Crippen molar-refractivity contribution in [2.75, 3.05) is 0 Å². The maximum absolute atomic E-state index is 5.72. The Balaban J connectivity index is 2.41. The number of allylic oxidation sites excluding steroid dienone is 3. The first-order chi connectivity index (χ1) is 7.24. The summed E-state index contributed by atoms with van der Waals surface area (Å²) in [6, 6.07) is 0. The normalized spacial score (nSPS) is 17.7. The molecule has 0 aliphatic heterocycles. The maximum Gasteiger partial charge on any atom is 0.0273 e. The quantitative estimate of drug-likeness (QED) is 0.523. The van der Waals surface area contributed by atoms with Crippen LogP contribution in [0.1, 0.15) is 32.1 Å². The van der Waals surface area contributed by atoms with Crippen LogP contribution in [-0.4, -0.2) is 6.72 Å². The van der Waals surface area contributed by atoms with E-state index < -0.39 is 0 Å². The Labute approximate surface area is 92.3 Å². The minimum atomic E-state index is 0.669. The van der Waals surface area contributed by atoms with Gasteiger partial charge in [0.15, 0.2) is 0 Å². The van der Waals surface area contributed by atoms with Gasteiger partial charge in [0, 0.05) is 11.9 Å². The molecule has 0 radical (unpaired) electrons. The summed E-state index contributed by atoms with van der Waals surface area (Å²) in [6.45, 7) is 7.16. The smallest absolute Gasteiger partial charge is 0.0273 e. The number of hydrogen-bond donors (Lipinski definition) is 1. The molecule has 0 aromatic heterocycles. The molecular weight excluding hydrogens is 184 g/mol. The third-order valence-corrected chi connectivity index (χ3v) is 2.95. The van der Waals surface area contributed by atoms with Gasteiger partial charge in [-0.1, -0.05) is 31.9 Å². The summed E-state index contributed by atoms with van der Waals surface area (Å²) >= 11 is 0. The molecular formula is C13H20N2. The average Bonchev–Trinajstić information content (AvgIpc) is 2.12. The van der Waals surface area contributed by atoms with Crippen molar-refractivity contribution in [2.45, 2.75) is 32.1 Å². The molecule has 0 spiro atoms.